The Hall–Kier alpha value is -0.300. The summed E-state index contributed by atoms with van der Waals surface area (Å²) in [5, 5.41) is 3.51. The van der Waals surface area contributed by atoms with Crippen LogP contribution in [0.4, 0.5) is 0 Å². The molecule has 0 aromatic heterocycles. The lowest BCUT2D eigenvalue weighted by Gasteiger charge is -2.32. The highest BCUT2D eigenvalue weighted by Crippen LogP contribution is 2.23. The van der Waals surface area contributed by atoms with Crippen LogP contribution in [0.15, 0.2) is 12.2 Å². The maximum atomic E-state index is 4.01. The molecule has 0 spiro atoms. The number of rotatable bonds is 4. The summed E-state index contributed by atoms with van der Waals surface area (Å²) in [6.07, 6.45) is 1.18. The second kappa shape index (κ2) is 4.66. The third-order valence-electron chi connectivity index (χ3n) is 1.96. The molecule has 72 valence electrons. The lowest BCUT2D eigenvalue weighted by molar-refractivity contribution is 0.302. The van der Waals surface area contributed by atoms with Crippen molar-refractivity contribution in [2.75, 3.05) is 6.54 Å². The zero-order valence-corrected chi connectivity index (χ0v) is 9.20. The van der Waals surface area contributed by atoms with Gasteiger partial charge in [0.2, 0.25) is 0 Å². The third kappa shape index (κ3) is 3.91. The van der Waals surface area contributed by atoms with Gasteiger partial charge in [-0.1, -0.05) is 39.8 Å². The molecule has 1 N–H and O–H groups in total. The molecule has 1 nitrogen and oxygen atoms in total. The molecule has 1 unspecified atom stereocenters. The summed E-state index contributed by atoms with van der Waals surface area (Å²) in [4.78, 5) is 0. The van der Waals surface area contributed by atoms with Gasteiger partial charge >= 0.3 is 0 Å². The topological polar surface area (TPSA) is 12.0 Å². The summed E-state index contributed by atoms with van der Waals surface area (Å²) in [5.74, 6) is 0. The predicted molar refractivity (Wildman–Crippen MR) is 56.4 cm³/mol. The molecule has 0 aliphatic carbocycles. The van der Waals surface area contributed by atoms with Crippen molar-refractivity contribution in [1.29, 1.82) is 0 Å². The van der Waals surface area contributed by atoms with Gasteiger partial charge in [-0.05, 0) is 25.3 Å². The summed E-state index contributed by atoms with van der Waals surface area (Å²) in [7, 11) is 0. The normalized spacial score (nSPS) is 14.4. The van der Waals surface area contributed by atoms with E-state index in [9.17, 15) is 0 Å². The van der Waals surface area contributed by atoms with Crippen LogP contribution in [0.5, 0.6) is 0 Å². The first kappa shape index (κ1) is 11.7. The van der Waals surface area contributed by atoms with Gasteiger partial charge in [0.05, 0.1) is 0 Å². The van der Waals surface area contributed by atoms with Crippen molar-refractivity contribution in [2.45, 2.75) is 47.1 Å². The Morgan fingerprint density at radius 2 is 1.92 bits per heavy atom. The predicted octanol–water partition coefficient (Wildman–Crippen LogP) is 2.98. The first-order valence-corrected chi connectivity index (χ1v) is 4.78. The molecule has 0 amide bonds. The molecule has 12 heavy (non-hydrogen) atoms. The van der Waals surface area contributed by atoms with Crippen molar-refractivity contribution < 1.29 is 0 Å². The number of hydrogen-bond acceptors (Lipinski definition) is 1. The van der Waals surface area contributed by atoms with E-state index >= 15 is 0 Å². The summed E-state index contributed by atoms with van der Waals surface area (Å²) < 4.78 is 0. The van der Waals surface area contributed by atoms with Crippen molar-refractivity contribution in [3.8, 4) is 0 Å². The highest BCUT2D eigenvalue weighted by atomic mass is 14.9. The number of nitrogens with one attached hydrogen (secondary N) is 1. The van der Waals surface area contributed by atoms with Gasteiger partial charge in [0, 0.05) is 6.04 Å². The Balaban J connectivity index is 4.15. The Morgan fingerprint density at radius 3 is 2.17 bits per heavy atom. The first-order valence-electron chi connectivity index (χ1n) is 4.78. The van der Waals surface area contributed by atoms with Crippen LogP contribution in [0.1, 0.15) is 41.0 Å². The zero-order chi connectivity index (χ0) is 9.78. The molecule has 0 saturated carbocycles. The lowest BCUT2D eigenvalue weighted by Crippen LogP contribution is -2.41. The Labute approximate surface area is 77.2 Å². The molecule has 1 atom stereocenters. The van der Waals surface area contributed by atoms with E-state index in [1.165, 1.54) is 12.0 Å². The minimum atomic E-state index is 0.279. The fourth-order valence-electron chi connectivity index (χ4n) is 1.51. The Morgan fingerprint density at radius 1 is 1.42 bits per heavy atom. The average Bonchev–Trinajstić information content (AvgIpc) is 1.84. The highest BCUT2D eigenvalue weighted by Gasteiger charge is 2.23. The maximum Gasteiger partial charge on any atom is 0.0323 e. The molecule has 0 aliphatic heterocycles. The maximum absolute atomic E-state index is 4.01. The van der Waals surface area contributed by atoms with Crippen molar-refractivity contribution in [3.63, 3.8) is 0 Å². The van der Waals surface area contributed by atoms with Gasteiger partial charge in [0.25, 0.3) is 0 Å². The van der Waals surface area contributed by atoms with Crippen LogP contribution in [0, 0.1) is 5.41 Å². The average molecular weight is 169 g/mol. The third-order valence-corrected chi connectivity index (χ3v) is 1.96. The van der Waals surface area contributed by atoms with Gasteiger partial charge in [-0.25, -0.2) is 0 Å². The van der Waals surface area contributed by atoms with E-state index in [4.69, 9.17) is 0 Å². The van der Waals surface area contributed by atoms with Crippen LogP contribution < -0.4 is 5.32 Å². The van der Waals surface area contributed by atoms with Crippen LogP contribution in [0.2, 0.25) is 0 Å². The van der Waals surface area contributed by atoms with Crippen LogP contribution in [-0.2, 0) is 0 Å². The molecule has 0 heterocycles. The molecular weight excluding hydrogens is 146 g/mol. The van der Waals surface area contributed by atoms with Gasteiger partial charge in [0.1, 0.15) is 0 Å². The van der Waals surface area contributed by atoms with Gasteiger partial charge in [0.15, 0.2) is 0 Å². The molecule has 0 aliphatic rings. The van der Waals surface area contributed by atoms with Crippen LogP contribution in [-0.4, -0.2) is 12.6 Å². The smallest absolute Gasteiger partial charge is 0.0323 e. The molecule has 0 aromatic rings. The molecule has 0 saturated heterocycles. The van der Waals surface area contributed by atoms with Crippen molar-refractivity contribution in [3.05, 3.63) is 12.2 Å². The van der Waals surface area contributed by atoms with Gasteiger partial charge in [-0.2, -0.15) is 0 Å². The minimum absolute atomic E-state index is 0.279. The Bertz CT molecular complexity index is 142. The van der Waals surface area contributed by atoms with Crippen molar-refractivity contribution in [1.82, 2.24) is 5.32 Å². The van der Waals surface area contributed by atoms with E-state index in [1.807, 2.05) is 0 Å². The SMILES string of the molecule is C=C(C)C(NCCC)C(C)(C)C. The molecule has 0 rings (SSSR count). The molecular formula is C11H23N. The van der Waals surface area contributed by atoms with Gasteiger partial charge < -0.3 is 5.32 Å². The molecule has 1 heteroatoms. The van der Waals surface area contributed by atoms with Gasteiger partial charge in [-0.3, -0.25) is 0 Å². The van der Waals surface area contributed by atoms with Crippen LogP contribution in [0.3, 0.4) is 0 Å². The van der Waals surface area contributed by atoms with Gasteiger partial charge in [-0.15, -0.1) is 0 Å². The van der Waals surface area contributed by atoms with Crippen molar-refractivity contribution >= 4 is 0 Å². The monoisotopic (exact) mass is 169 g/mol. The summed E-state index contributed by atoms with van der Waals surface area (Å²) in [5.41, 5.74) is 1.51. The Kier molecular flexibility index (Phi) is 4.54. The minimum Gasteiger partial charge on any atom is -0.310 e. The van der Waals surface area contributed by atoms with Crippen molar-refractivity contribution in [2.24, 2.45) is 5.41 Å². The van der Waals surface area contributed by atoms with E-state index in [2.05, 4.69) is 46.5 Å². The number of hydrogen-bond donors (Lipinski definition) is 1. The standard InChI is InChI=1S/C11H23N/c1-7-8-12-10(9(2)3)11(4,5)6/h10,12H,2,7-8H2,1,3-6H3. The largest absolute Gasteiger partial charge is 0.310 e. The first-order chi connectivity index (χ1) is 5.39. The molecule has 0 aromatic carbocycles. The van der Waals surface area contributed by atoms with E-state index in [1.54, 1.807) is 0 Å². The van der Waals surface area contributed by atoms with Crippen LogP contribution in [0.25, 0.3) is 0 Å². The summed E-state index contributed by atoms with van der Waals surface area (Å²) in [6, 6.07) is 0.442. The van der Waals surface area contributed by atoms with E-state index < -0.39 is 0 Å². The van der Waals surface area contributed by atoms with E-state index in [-0.39, 0.29) is 5.41 Å². The fourth-order valence-corrected chi connectivity index (χ4v) is 1.51. The molecule has 0 bridgehead atoms. The van der Waals surface area contributed by atoms with E-state index in [0.717, 1.165) is 6.54 Å². The summed E-state index contributed by atoms with van der Waals surface area (Å²) >= 11 is 0. The summed E-state index contributed by atoms with van der Waals surface area (Å²) in [6.45, 7) is 16.1. The lowest BCUT2D eigenvalue weighted by atomic mass is 9.83. The zero-order valence-electron chi connectivity index (χ0n) is 9.20. The fraction of sp³-hybridized carbons (Fsp3) is 0.818. The second-order valence-corrected chi connectivity index (χ2v) is 4.60. The second-order valence-electron chi connectivity index (χ2n) is 4.60. The van der Waals surface area contributed by atoms with Crippen LogP contribution >= 0.6 is 0 Å². The highest BCUT2D eigenvalue weighted by molar-refractivity contribution is 5.06. The molecule has 0 radical (unpaired) electrons. The quantitative estimate of drug-likeness (QED) is 0.638. The molecule has 0 fully saturated rings. The van der Waals surface area contributed by atoms with E-state index in [0.29, 0.717) is 6.04 Å².